The van der Waals surface area contributed by atoms with Gasteiger partial charge < -0.3 is 15.6 Å². The SMILES string of the molecule is O=C(Cc1ccc(Cl)cc1Cl)Nc1cccc2cc(C(=O)Nc3ccc(Cl)cc3-c3nn[nH]n3)[nH]c12. The zero-order valence-corrected chi connectivity index (χ0v) is 20.5. The largest absolute Gasteiger partial charge is 0.349 e. The number of aromatic amines is 2. The summed E-state index contributed by atoms with van der Waals surface area (Å²) in [5.41, 5.74) is 3.04. The van der Waals surface area contributed by atoms with Crippen LogP contribution >= 0.6 is 34.8 Å². The van der Waals surface area contributed by atoms with Gasteiger partial charge in [0.25, 0.3) is 5.91 Å². The van der Waals surface area contributed by atoms with Crippen LogP contribution in [0, 0.1) is 0 Å². The van der Waals surface area contributed by atoms with Crippen LogP contribution in [0.1, 0.15) is 16.1 Å². The number of fused-ring (bicyclic) bond motifs is 1. The highest BCUT2D eigenvalue weighted by Crippen LogP contribution is 2.30. The van der Waals surface area contributed by atoms with Gasteiger partial charge in [-0.2, -0.15) is 5.21 Å². The van der Waals surface area contributed by atoms with E-state index in [0.717, 1.165) is 5.39 Å². The van der Waals surface area contributed by atoms with E-state index in [4.69, 9.17) is 34.8 Å². The summed E-state index contributed by atoms with van der Waals surface area (Å²) in [4.78, 5) is 28.9. The summed E-state index contributed by atoms with van der Waals surface area (Å²) in [6.45, 7) is 0. The molecule has 0 aliphatic carbocycles. The fourth-order valence-corrected chi connectivity index (χ4v) is 4.34. The number of tetrazole rings is 1. The molecule has 180 valence electrons. The van der Waals surface area contributed by atoms with E-state index in [1.54, 1.807) is 54.6 Å². The summed E-state index contributed by atoms with van der Waals surface area (Å²) in [6.07, 6.45) is 0.0653. The second kappa shape index (κ2) is 9.98. The molecule has 5 rings (SSSR count). The minimum absolute atomic E-state index is 0.0653. The summed E-state index contributed by atoms with van der Waals surface area (Å²) in [7, 11) is 0. The van der Waals surface area contributed by atoms with Crippen LogP contribution in [-0.4, -0.2) is 37.4 Å². The number of hydrogen-bond acceptors (Lipinski definition) is 5. The number of nitrogens with one attached hydrogen (secondary N) is 4. The summed E-state index contributed by atoms with van der Waals surface area (Å²) >= 11 is 18.2. The first-order valence-corrected chi connectivity index (χ1v) is 11.7. The van der Waals surface area contributed by atoms with Gasteiger partial charge in [0.15, 0.2) is 0 Å². The summed E-state index contributed by atoms with van der Waals surface area (Å²) < 4.78 is 0. The minimum Gasteiger partial charge on any atom is -0.349 e. The Morgan fingerprint density at radius 3 is 2.47 bits per heavy atom. The van der Waals surface area contributed by atoms with Crippen LogP contribution in [0.2, 0.25) is 15.1 Å². The molecular weight excluding hydrogens is 525 g/mol. The third-order valence-electron chi connectivity index (χ3n) is 5.36. The molecule has 0 saturated heterocycles. The van der Waals surface area contributed by atoms with Crippen molar-refractivity contribution in [1.29, 1.82) is 0 Å². The zero-order chi connectivity index (χ0) is 25.2. The van der Waals surface area contributed by atoms with Gasteiger partial charge in [-0.1, -0.05) is 53.0 Å². The molecule has 2 amide bonds. The minimum atomic E-state index is -0.400. The van der Waals surface area contributed by atoms with Crippen molar-refractivity contribution in [3.05, 3.63) is 87.0 Å². The Bertz CT molecular complexity index is 1600. The predicted molar refractivity (Wildman–Crippen MR) is 140 cm³/mol. The third-order valence-corrected chi connectivity index (χ3v) is 6.18. The zero-order valence-electron chi connectivity index (χ0n) is 18.3. The van der Waals surface area contributed by atoms with Gasteiger partial charge >= 0.3 is 0 Å². The van der Waals surface area contributed by atoms with Gasteiger partial charge in [0.2, 0.25) is 11.7 Å². The highest BCUT2D eigenvalue weighted by atomic mass is 35.5. The lowest BCUT2D eigenvalue weighted by Gasteiger charge is -2.09. The van der Waals surface area contributed by atoms with Crippen molar-refractivity contribution in [2.45, 2.75) is 6.42 Å². The molecule has 0 unspecified atom stereocenters. The molecule has 0 spiro atoms. The maximum Gasteiger partial charge on any atom is 0.272 e. The van der Waals surface area contributed by atoms with Gasteiger partial charge in [0, 0.05) is 26.0 Å². The molecule has 9 nitrogen and oxygen atoms in total. The number of anilines is 2. The first-order valence-electron chi connectivity index (χ1n) is 10.6. The van der Waals surface area contributed by atoms with E-state index in [9.17, 15) is 9.59 Å². The van der Waals surface area contributed by atoms with Crippen LogP contribution in [0.25, 0.3) is 22.3 Å². The van der Waals surface area contributed by atoms with Gasteiger partial charge in [-0.3, -0.25) is 9.59 Å². The Morgan fingerprint density at radius 1 is 0.889 bits per heavy atom. The summed E-state index contributed by atoms with van der Waals surface area (Å²) in [5.74, 6) is -0.378. The van der Waals surface area contributed by atoms with Crippen LogP contribution < -0.4 is 10.6 Å². The Kier molecular flexibility index (Phi) is 6.60. The van der Waals surface area contributed by atoms with E-state index in [-0.39, 0.29) is 18.2 Å². The van der Waals surface area contributed by atoms with Gasteiger partial charge in [-0.05, 0) is 53.2 Å². The fraction of sp³-hybridized carbons (Fsp3) is 0.0417. The van der Waals surface area contributed by atoms with Crippen molar-refractivity contribution in [1.82, 2.24) is 25.6 Å². The molecule has 0 aliphatic rings. The highest BCUT2D eigenvalue weighted by molar-refractivity contribution is 6.35. The lowest BCUT2D eigenvalue weighted by molar-refractivity contribution is -0.115. The second-order valence-corrected chi connectivity index (χ2v) is 9.07. The number of nitrogens with zero attached hydrogens (tertiary/aromatic N) is 3. The molecule has 36 heavy (non-hydrogen) atoms. The van der Waals surface area contributed by atoms with E-state index in [2.05, 4.69) is 36.2 Å². The molecule has 4 N–H and O–H groups in total. The average Bonchev–Trinajstić information content (AvgIpc) is 3.53. The van der Waals surface area contributed by atoms with Crippen molar-refractivity contribution in [2.75, 3.05) is 10.6 Å². The molecule has 5 aromatic rings. The van der Waals surface area contributed by atoms with Crippen LogP contribution in [0.5, 0.6) is 0 Å². The van der Waals surface area contributed by atoms with Crippen molar-refractivity contribution in [3.63, 3.8) is 0 Å². The van der Waals surface area contributed by atoms with E-state index < -0.39 is 5.91 Å². The summed E-state index contributed by atoms with van der Waals surface area (Å²) in [6, 6.07) is 17.0. The lowest BCUT2D eigenvalue weighted by atomic mass is 10.1. The van der Waals surface area contributed by atoms with Crippen molar-refractivity contribution >= 4 is 68.9 Å². The third kappa shape index (κ3) is 5.03. The van der Waals surface area contributed by atoms with Gasteiger partial charge in [0.05, 0.1) is 23.3 Å². The molecule has 0 radical (unpaired) electrons. The number of amides is 2. The molecule has 0 fully saturated rings. The van der Waals surface area contributed by atoms with Gasteiger partial charge in [-0.15, -0.1) is 10.2 Å². The molecule has 12 heteroatoms. The van der Waals surface area contributed by atoms with Crippen LogP contribution in [0.4, 0.5) is 11.4 Å². The molecular formula is C24H16Cl3N7O2. The fourth-order valence-electron chi connectivity index (χ4n) is 3.69. The number of H-pyrrole nitrogens is 2. The molecule has 0 aliphatic heterocycles. The Balaban J connectivity index is 1.37. The van der Waals surface area contributed by atoms with Crippen LogP contribution in [0.3, 0.4) is 0 Å². The Morgan fingerprint density at radius 2 is 1.69 bits per heavy atom. The average molecular weight is 541 g/mol. The Hall–Kier alpha value is -3.92. The maximum absolute atomic E-state index is 13.1. The number of hydrogen-bond donors (Lipinski definition) is 4. The van der Waals surface area contributed by atoms with E-state index in [0.29, 0.717) is 48.8 Å². The lowest BCUT2D eigenvalue weighted by Crippen LogP contribution is -2.15. The first-order chi connectivity index (χ1) is 17.4. The molecule has 2 aromatic heterocycles. The smallest absolute Gasteiger partial charge is 0.272 e. The number of halogens is 3. The number of carbonyl (C=O) groups excluding carboxylic acids is 2. The maximum atomic E-state index is 13.1. The topological polar surface area (TPSA) is 128 Å². The first kappa shape index (κ1) is 23.8. The van der Waals surface area contributed by atoms with Gasteiger partial charge in [0.1, 0.15) is 5.69 Å². The molecule has 0 atom stereocenters. The Labute approximate surface area is 219 Å². The monoisotopic (exact) mass is 539 g/mol. The molecule has 0 bridgehead atoms. The van der Waals surface area contributed by atoms with E-state index in [1.165, 1.54) is 0 Å². The normalized spacial score (nSPS) is 11.0. The number of aromatic nitrogens is 5. The van der Waals surface area contributed by atoms with E-state index in [1.807, 2.05) is 6.07 Å². The standard InChI is InChI=1S/C24H16Cl3N7O2/c25-14-6-7-18(16(10-14)23-31-33-34-32-23)30-24(36)20-8-13-2-1-3-19(22(13)29-20)28-21(35)9-12-4-5-15(26)11-17(12)27/h1-8,10-11,29H,9H2,(H,28,35)(H,30,36)(H,31,32,33,34). The van der Waals surface area contributed by atoms with Crippen molar-refractivity contribution < 1.29 is 9.59 Å². The van der Waals surface area contributed by atoms with Crippen LogP contribution in [-0.2, 0) is 11.2 Å². The second-order valence-electron chi connectivity index (χ2n) is 7.79. The van der Waals surface area contributed by atoms with E-state index >= 15 is 0 Å². The van der Waals surface area contributed by atoms with Crippen LogP contribution in [0.15, 0.2) is 60.7 Å². The number of para-hydroxylation sites is 1. The summed E-state index contributed by atoms with van der Waals surface area (Å²) in [5, 5.41) is 21.7. The van der Waals surface area contributed by atoms with Crippen molar-refractivity contribution in [3.8, 4) is 11.4 Å². The number of rotatable bonds is 6. The molecule has 0 saturated carbocycles. The van der Waals surface area contributed by atoms with Gasteiger partial charge in [-0.25, -0.2) is 0 Å². The predicted octanol–water partition coefficient (Wildman–Crippen LogP) is 5.74. The molecule has 3 aromatic carbocycles. The highest BCUT2D eigenvalue weighted by Gasteiger charge is 2.17. The number of benzene rings is 3. The number of carbonyl (C=O) groups is 2. The molecule has 2 heterocycles. The van der Waals surface area contributed by atoms with Crippen molar-refractivity contribution in [2.24, 2.45) is 0 Å². The quantitative estimate of drug-likeness (QED) is 0.218.